The van der Waals surface area contributed by atoms with E-state index >= 15 is 0 Å². The Morgan fingerprint density at radius 2 is 1.46 bits per heavy atom. The second-order valence-corrected chi connectivity index (χ2v) is 9.67. The van der Waals surface area contributed by atoms with Crippen molar-refractivity contribution in [1.29, 1.82) is 0 Å². The molecule has 3 aliphatic rings. The van der Waals surface area contributed by atoms with Gasteiger partial charge in [0.15, 0.2) is 5.60 Å². The van der Waals surface area contributed by atoms with Gasteiger partial charge in [0.2, 0.25) is 0 Å². The molecule has 5 aromatic rings. The van der Waals surface area contributed by atoms with Crippen LogP contribution in [0.15, 0.2) is 91.0 Å². The molecule has 3 aliphatic heterocycles. The lowest BCUT2D eigenvalue weighted by Gasteiger charge is -2.43. The van der Waals surface area contributed by atoms with Gasteiger partial charge in [-0.25, -0.2) is 0 Å². The molecule has 4 heteroatoms. The van der Waals surface area contributed by atoms with Crippen LogP contribution in [-0.4, -0.2) is 18.1 Å². The van der Waals surface area contributed by atoms with Gasteiger partial charge in [-0.15, -0.1) is 0 Å². The molecule has 170 valence electrons. The van der Waals surface area contributed by atoms with E-state index in [0.29, 0.717) is 0 Å². The topological polar surface area (TPSA) is 37.5 Å². The average Bonchev–Trinajstić information content (AvgIpc) is 3.58. The second kappa shape index (κ2) is 6.92. The minimum Gasteiger partial charge on any atom is -0.472 e. The number of H-pyrrole nitrogens is 1. The number of para-hydroxylation sites is 3. The molecule has 4 nitrogen and oxygen atoms in total. The molecule has 4 aromatic carbocycles. The maximum absolute atomic E-state index is 7.16. The van der Waals surface area contributed by atoms with Crippen molar-refractivity contribution in [3.05, 3.63) is 108 Å². The molecular weight excluding hydrogens is 432 g/mol. The summed E-state index contributed by atoms with van der Waals surface area (Å²) in [5, 5.41) is 1.17. The average molecular weight is 457 g/mol. The van der Waals surface area contributed by atoms with Crippen LogP contribution in [0.25, 0.3) is 22.2 Å². The van der Waals surface area contributed by atoms with Crippen molar-refractivity contribution in [2.24, 2.45) is 0 Å². The Hall–Kier alpha value is -4.18. The summed E-state index contributed by atoms with van der Waals surface area (Å²) in [7, 11) is 0. The van der Waals surface area contributed by atoms with Gasteiger partial charge in [-0.2, -0.15) is 0 Å². The van der Waals surface area contributed by atoms with Crippen LogP contribution in [0, 0.1) is 0 Å². The van der Waals surface area contributed by atoms with E-state index in [4.69, 9.17) is 9.47 Å². The van der Waals surface area contributed by atoms with E-state index in [1.807, 2.05) is 12.1 Å². The SMILES string of the molecule is c1ccc2c(c1)OC1(c3ccccc3Oc3cc(N4CCCC4)ccc31)c1c-2[nH]c2ccccc12. The van der Waals surface area contributed by atoms with Crippen molar-refractivity contribution < 1.29 is 9.47 Å². The van der Waals surface area contributed by atoms with E-state index in [-0.39, 0.29) is 0 Å². The number of hydrogen-bond acceptors (Lipinski definition) is 3. The first kappa shape index (κ1) is 19.2. The minimum absolute atomic E-state index is 0.822. The third-order valence-electron chi connectivity index (χ3n) is 7.78. The molecule has 35 heavy (non-hydrogen) atoms. The molecule has 0 radical (unpaired) electrons. The van der Waals surface area contributed by atoms with Crippen LogP contribution < -0.4 is 14.4 Å². The largest absolute Gasteiger partial charge is 0.472 e. The van der Waals surface area contributed by atoms with Crippen molar-refractivity contribution in [2.45, 2.75) is 18.4 Å². The Bertz CT molecular complexity index is 1630. The van der Waals surface area contributed by atoms with Gasteiger partial charge in [0, 0.05) is 58.0 Å². The maximum Gasteiger partial charge on any atom is 0.194 e. The minimum atomic E-state index is -0.822. The number of aromatic nitrogens is 1. The predicted molar refractivity (Wildman–Crippen MR) is 139 cm³/mol. The van der Waals surface area contributed by atoms with E-state index in [1.54, 1.807) is 0 Å². The van der Waals surface area contributed by atoms with E-state index in [9.17, 15) is 0 Å². The molecule has 0 amide bonds. The second-order valence-electron chi connectivity index (χ2n) is 9.67. The Morgan fingerprint density at radius 3 is 2.37 bits per heavy atom. The molecule has 1 aromatic heterocycles. The highest BCUT2D eigenvalue weighted by molar-refractivity contribution is 5.96. The molecule has 1 fully saturated rings. The monoisotopic (exact) mass is 456 g/mol. The van der Waals surface area contributed by atoms with Crippen LogP contribution in [0.3, 0.4) is 0 Å². The lowest BCUT2D eigenvalue weighted by Crippen LogP contribution is -2.40. The molecule has 0 bridgehead atoms. The van der Waals surface area contributed by atoms with Crippen LogP contribution in [0.4, 0.5) is 5.69 Å². The van der Waals surface area contributed by atoms with Crippen LogP contribution in [0.1, 0.15) is 29.5 Å². The lowest BCUT2D eigenvalue weighted by molar-refractivity contribution is 0.139. The van der Waals surface area contributed by atoms with Gasteiger partial charge in [-0.1, -0.05) is 48.5 Å². The molecule has 8 rings (SSSR count). The number of benzene rings is 4. The van der Waals surface area contributed by atoms with Crippen molar-refractivity contribution in [1.82, 2.24) is 4.98 Å². The van der Waals surface area contributed by atoms with Gasteiger partial charge in [0.05, 0.1) is 5.69 Å². The zero-order valence-corrected chi connectivity index (χ0v) is 19.3. The summed E-state index contributed by atoms with van der Waals surface area (Å²) in [6, 6.07) is 31.8. The van der Waals surface area contributed by atoms with Gasteiger partial charge in [0.25, 0.3) is 0 Å². The van der Waals surface area contributed by atoms with E-state index in [2.05, 4.69) is 88.7 Å². The molecule has 0 saturated carbocycles. The summed E-state index contributed by atoms with van der Waals surface area (Å²) >= 11 is 0. The number of ether oxygens (including phenoxy) is 2. The first-order valence-corrected chi connectivity index (χ1v) is 12.4. The smallest absolute Gasteiger partial charge is 0.194 e. The first-order chi connectivity index (χ1) is 17.3. The Kier molecular flexibility index (Phi) is 3.79. The highest BCUT2D eigenvalue weighted by atomic mass is 16.5. The Balaban J connectivity index is 1.48. The summed E-state index contributed by atoms with van der Waals surface area (Å²) < 4.78 is 13.7. The molecular formula is C31H24N2O2. The van der Waals surface area contributed by atoms with Gasteiger partial charge >= 0.3 is 0 Å². The van der Waals surface area contributed by atoms with Crippen LogP contribution >= 0.6 is 0 Å². The third kappa shape index (κ3) is 2.51. The standard InChI is InChI=1S/C31H24N2O2/c1-4-12-25-21(9-1)29-30(32-25)22-10-2-5-13-26(22)35-31(29)23-11-3-6-14-27(23)34-28-19-20(15-16-24(28)31)33-17-7-8-18-33/h1-6,9-16,19,32H,7-8,17-18H2. The highest BCUT2D eigenvalue weighted by Crippen LogP contribution is 2.59. The summed E-state index contributed by atoms with van der Waals surface area (Å²) in [5.74, 6) is 2.58. The number of nitrogens with zero attached hydrogens (tertiary/aromatic N) is 1. The van der Waals surface area contributed by atoms with Gasteiger partial charge in [-0.3, -0.25) is 0 Å². The van der Waals surface area contributed by atoms with Crippen molar-refractivity contribution >= 4 is 16.6 Å². The van der Waals surface area contributed by atoms with E-state index < -0.39 is 5.60 Å². The quantitative estimate of drug-likeness (QED) is 0.289. The molecule has 0 aliphatic carbocycles. The maximum atomic E-state index is 7.16. The third-order valence-corrected chi connectivity index (χ3v) is 7.78. The molecule has 1 saturated heterocycles. The number of nitrogens with one attached hydrogen (secondary N) is 1. The molecule has 1 spiro atoms. The number of aromatic amines is 1. The molecule has 1 N–H and O–H groups in total. The predicted octanol–water partition coefficient (Wildman–Crippen LogP) is 7.23. The molecule has 4 heterocycles. The number of rotatable bonds is 1. The molecule has 1 unspecified atom stereocenters. The number of hydrogen-bond donors (Lipinski definition) is 1. The van der Waals surface area contributed by atoms with Crippen LogP contribution in [-0.2, 0) is 5.60 Å². The fourth-order valence-corrected chi connectivity index (χ4v) is 6.24. The normalized spacial score (nSPS) is 19.5. The zero-order valence-electron chi connectivity index (χ0n) is 19.3. The van der Waals surface area contributed by atoms with Gasteiger partial charge in [0.1, 0.15) is 17.2 Å². The van der Waals surface area contributed by atoms with Gasteiger partial charge in [-0.05, 0) is 49.2 Å². The van der Waals surface area contributed by atoms with E-state index in [1.165, 1.54) is 23.9 Å². The first-order valence-electron chi connectivity index (χ1n) is 12.4. The Labute approximate surface area is 203 Å². The van der Waals surface area contributed by atoms with Crippen molar-refractivity contribution in [2.75, 3.05) is 18.0 Å². The summed E-state index contributed by atoms with van der Waals surface area (Å²) in [5.41, 5.74) is 6.92. The number of fused-ring (bicyclic) bond motifs is 10. The number of anilines is 1. The fourth-order valence-electron chi connectivity index (χ4n) is 6.24. The highest BCUT2D eigenvalue weighted by Gasteiger charge is 2.51. The lowest BCUT2D eigenvalue weighted by atomic mass is 9.74. The van der Waals surface area contributed by atoms with Crippen LogP contribution in [0.5, 0.6) is 17.2 Å². The van der Waals surface area contributed by atoms with Crippen molar-refractivity contribution in [3.8, 4) is 28.5 Å². The fraction of sp³-hybridized carbons (Fsp3) is 0.161. The summed E-state index contributed by atoms with van der Waals surface area (Å²) in [4.78, 5) is 6.18. The molecule has 1 atom stereocenters. The summed E-state index contributed by atoms with van der Waals surface area (Å²) in [6.07, 6.45) is 2.48. The summed E-state index contributed by atoms with van der Waals surface area (Å²) in [6.45, 7) is 2.19. The van der Waals surface area contributed by atoms with Crippen molar-refractivity contribution in [3.63, 3.8) is 0 Å². The van der Waals surface area contributed by atoms with Crippen LogP contribution in [0.2, 0.25) is 0 Å². The van der Waals surface area contributed by atoms with Gasteiger partial charge < -0.3 is 19.4 Å². The Morgan fingerprint density at radius 1 is 0.714 bits per heavy atom. The zero-order chi connectivity index (χ0) is 23.0. The van der Waals surface area contributed by atoms with E-state index in [0.717, 1.165) is 63.8 Å².